The first-order chi connectivity index (χ1) is 8.19. The van der Waals surface area contributed by atoms with Gasteiger partial charge in [0.1, 0.15) is 5.82 Å². The van der Waals surface area contributed by atoms with Crippen LogP contribution in [0.5, 0.6) is 0 Å². The molecule has 1 aliphatic carbocycles. The first-order valence-corrected chi connectivity index (χ1v) is 6.74. The summed E-state index contributed by atoms with van der Waals surface area (Å²) < 4.78 is 12.9. The van der Waals surface area contributed by atoms with Gasteiger partial charge < -0.3 is 5.32 Å². The summed E-state index contributed by atoms with van der Waals surface area (Å²) in [6.45, 7) is 3.18. The summed E-state index contributed by atoms with van der Waals surface area (Å²) in [5.74, 6) is 0.428. The van der Waals surface area contributed by atoms with Gasteiger partial charge in [0.25, 0.3) is 0 Å². The van der Waals surface area contributed by atoms with E-state index in [1.54, 1.807) is 0 Å². The van der Waals surface area contributed by atoms with Crippen molar-refractivity contribution in [2.24, 2.45) is 5.92 Å². The lowest BCUT2D eigenvalue weighted by molar-refractivity contribution is 0.493. The Hall–Kier alpha value is -0.600. The molecule has 0 radical (unpaired) electrons. The Kier molecular flexibility index (Phi) is 4.41. The van der Waals surface area contributed by atoms with Crippen LogP contribution in [0.2, 0.25) is 5.02 Å². The van der Waals surface area contributed by atoms with Crippen LogP contribution in [-0.2, 0) is 6.42 Å². The highest BCUT2D eigenvalue weighted by molar-refractivity contribution is 6.31. The van der Waals surface area contributed by atoms with Crippen molar-refractivity contribution in [3.8, 4) is 0 Å². The zero-order valence-electron chi connectivity index (χ0n) is 10.2. The van der Waals surface area contributed by atoms with Gasteiger partial charge in [0.2, 0.25) is 0 Å². The minimum atomic E-state index is -0.254. The summed E-state index contributed by atoms with van der Waals surface area (Å²) in [5.41, 5.74) is 1.08. The van der Waals surface area contributed by atoms with Gasteiger partial charge in [0.05, 0.1) is 0 Å². The molecule has 0 spiro atoms. The normalized spacial score (nSPS) is 24.2. The standard InChI is InChI=1S/C14H19ClFN/c1-2-17-13-6-3-10(8-13)7-11-4-5-12(16)9-14(11)15/h4-5,9-10,13,17H,2-3,6-8H2,1H3. The maximum Gasteiger partial charge on any atom is 0.124 e. The van der Waals surface area contributed by atoms with E-state index in [-0.39, 0.29) is 5.82 Å². The minimum absolute atomic E-state index is 0.254. The van der Waals surface area contributed by atoms with Crippen molar-refractivity contribution in [1.82, 2.24) is 5.32 Å². The fourth-order valence-corrected chi connectivity index (χ4v) is 2.98. The van der Waals surface area contributed by atoms with Gasteiger partial charge in [-0.3, -0.25) is 0 Å². The first-order valence-electron chi connectivity index (χ1n) is 6.36. The first kappa shape index (κ1) is 12.8. The Morgan fingerprint density at radius 3 is 2.94 bits per heavy atom. The van der Waals surface area contributed by atoms with Crippen LogP contribution in [0, 0.1) is 11.7 Å². The molecule has 1 saturated carbocycles. The average Bonchev–Trinajstić information content (AvgIpc) is 2.71. The van der Waals surface area contributed by atoms with E-state index < -0.39 is 0 Å². The van der Waals surface area contributed by atoms with Crippen molar-refractivity contribution in [3.63, 3.8) is 0 Å². The third-order valence-corrected chi connectivity index (χ3v) is 3.91. The third-order valence-electron chi connectivity index (χ3n) is 3.56. The zero-order chi connectivity index (χ0) is 12.3. The maximum atomic E-state index is 12.9. The number of benzene rings is 1. The van der Waals surface area contributed by atoms with Crippen molar-refractivity contribution >= 4 is 11.6 Å². The van der Waals surface area contributed by atoms with Crippen molar-refractivity contribution in [2.45, 2.75) is 38.6 Å². The topological polar surface area (TPSA) is 12.0 Å². The van der Waals surface area contributed by atoms with Gasteiger partial charge in [-0.15, -0.1) is 0 Å². The van der Waals surface area contributed by atoms with Gasteiger partial charge in [0, 0.05) is 11.1 Å². The van der Waals surface area contributed by atoms with Gasteiger partial charge in [-0.1, -0.05) is 24.6 Å². The minimum Gasteiger partial charge on any atom is -0.314 e. The molecule has 0 heterocycles. The molecule has 2 unspecified atom stereocenters. The fourth-order valence-electron chi connectivity index (χ4n) is 2.73. The van der Waals surface area contributed by atoms with Crippen LogP contribution < -0.4 is 5.32 Å². The summed E-state index contributed by atoms with van der Waals surface area (Å²) in [4.78, 5) is 0. The van der Waals surface area contributed by atoms with E-state index in [0.29, 0.717) is 17.0 Å². The molecule has 0 aliphatic heterocycles. The second-order valence-corrected chi connectivity index (χ2v) is 5.28. The van der Waals surface area contributed by atoms with Crippen LogP contribution >= 0.6 is 11.6 Å². The largest absolute Gasteiger partial charge is 0.314 e. The van der Waals surface area contributed by atoms with E-state index in [0.717, 1.165) is 18.5 Å². The number of nitrogens with one attached hydrogen (secondary N) is 1. The molecular formula is C14H19ClFN. The number of halogens is 2. The Balaban J connectivity index is 1.93. The second kappa shape index (κ2) is 5.83. The van der Waals surface area contributed by atoms with Gasteiger partial charge >= 0.3 is 0 Å². The number of hydrogen-bond acceptors (Lipinski definition) is 1. The molecule has 1 aliphatic rings. The van der Waals surface area contributed by atoms with Crippen LogP contribution in [0.25, 0.3) is 0 Å². The Morgan fingerprint density at radius 1 is 1.41 bits per heavy atom. The van der Waals surface area contributed by atoms with E-state index in [9.17, 15) is 4.39 Å². The monoisotopic (exact) mass is 255 g/mol. The molecule has 94 valence electrons. The molecule has 1 nitrogen and oxygen atoms in total. The molecule has 1 N–H and O–H groups in total. The van der Waals surface area contributed by atoms with Gasteiger partial charge in [0.15, 0.2) is 0 Å². The highest BCUT2D eigenvalue weighted by Gasteiger charge is 2.24. The average molecular weight is 256 g/mol. The summed E-state index contributed by atoms with van der Waals surface area (Å²) in [6, 6.07) is 5.38. The van der Waals surface area contributed by atoms with Gasteiger partial charge in [-0.25, -0.2) is 4.39 Å². The van der Waals surface area contributed by atoms with E-state index in [2.05, 4.69) is 12.2 Å². The molecule has 1 aromatic rings. The maximum absolute atomic E-state index is 12.9. The van der Waals surface area contributed by atoms with E-state index in [1.807, 2.05) is 6.07 Å². The lowest BCUT2D eigenvalue weighted by Gasteiger charge is -2.13. The summed E-state index contributed by atoms with van der Waals surface area (Å²) in [6.07, 6.45) is 4.67. The molecule has 0 saturated heterocycles. The highest BCUT2D eigenvalue weighted by Crippen LogP contribution is 2.30. The van der Waals surface area contributed by atoms with Crippen molar-refractivity contribution in [1.29, 1.82) is 0 Å². The molecule has 0 amide bonds. The molecule has 1 aromatic carbocycles. The van der Waals surface area contributed by atoms with Crippen LogP contribution in [-0.4, -0.2) is 12.6 Å². The molecule has 0 bridgehead atoms. The third kappa shape index (κ3) is 3.43. The smallest absolute Gasteiger partial charge is 0.124 e. The quantitative estimate of drug-likeness (QED) is 0.863. The Morgan fingerprint density at radius 2 is 2.24 bits per heavy atom. The molecule has 2 rings (SSSR count). The zero-order valence-corrected chi connectivity index (χ0v) is 10.9. The van der Waals surface area contributed by atoms with Gasteiger partial charge in [-0.2, -0.15) is 0 Å². The Bertz CT molecular complexity index is 380. The summed E-state index contributed by atoms with van der Waals surface area (Å²) >= 11 is 6.05. The van der Waals surface area contributed by atoms with Crippen LogP contribution in [0.15, 0.2) is 18.2 Å². The van der Waals surface area contributed by atoms with Crippen LogP contribution in [0.4, 0.5) is 4.39 Å². The van der Waals surface area contributed by atoms with Crippen LogP contribution in [0.3, 0.4) is 0 Å². The molecule has 17 heavy (non-hydrogen) atoms. The van der Waals surface area contributed by atoms with E-state index in [4.69, 9.17) is 11.6 Å². The Labute approximate surface area is 107 Å². The number of hydrogen-bond donors (Lipinski definition) is 1. The molecule has 3 heteroatoms. The molecular weight excluding hydrogens is 237 g/mol. The lowest BCUT2D eigenvalue weighted by Crippen LogP contribution is -2.25. The van der Waals surface area contributed by atoms with E-state index >= 15 is 0 Å². The van der Waals surface area contributed by atoms with Crippen molar-refractivity contribution < 1.29 is 4.39 Å². The summed E-state index contributed by atoms with van der Waals surface area (Å²) in [5, 5.41) is 4.06. The van der Waals surface area contributed by atoms with Gasteiger partial charge in [-0.05, 0) is 55.8 Å². The molecule has 2 atom stereocenters. The van der Waals surface area contributed by atoms with Crippen LogP contribution in [0.1, 0.15) is 31.7 Å². The number of rotatable bonds is 4. The van der Waals surface area contributed by atoms with Crippen molar-refractivity contribution in [2.75, 3.05) is 6.54 Å². The highest BCUT2D eigenvalue weighted by atomic mass is 35.5. The SMILES string of the molecule is CCNC1CCC(Cc2ccc(F)cc2Cl)C1. The predicted octanol–water partition coefficient (Wildman–Crippen LogP) is 3.80. The second-order valence-electron chi connectivity index (χ2n) is 4.87. The lowest BCUT2D eigenvalue weighted by atomic mass is 9.97. The summed E-state index contributed by atoms with van der Waals surface area (Å²) in [7, 11) is 0. The van der Waals surface area contributed by atoms with Crippen molar-refractivity contribution in [3.05, 3.63) is 34.6 Å². The molecule has 1 fully saturated rings. The fraction of sp³-hybridized carbons (Fsp3) is 0.571. The predicted molar refractivity (Wildman–Crippen MR) is 69.9 cm³/mol. The molecule has 0 aromatic heterocycles. The van der Waals surface area contributed by atoms with E-state index in [1.165, 1.54) is 31.4 Å².